The highest BCUT2D eigenvalue weighted by atomic mass is 16.1. The Morgan fingerprint density at radius 1 is 1.25 bits per heavy atom. The Morgan fingerprint density at radius 3 is 2.25 bits per heavy atom. The number of hydrogen-bond donors (Lipinski definition) is 1. The van der Waals surface area contributed by atoms with Crippen LogP contribution in [0.2, 0.25) is 0 Å². The van der Waals surface area contributed by atoms with Crippen LogP contribution in [0.1, 0.15) is 57.7 Å². The Morgan fingerprint density at radius 2 is 1.81 bits per heavy atom. The van der Waals surface area contributed by atoms with Crippen LogP contribution in [0.5, 0.6) is 0 Å². The zero-order valence-corrected chi connectivity index (χ0v) is 11.1. The van der Waals surface area contributed by atoms with E-state index in [9.17, 15) is 4.79 Å². The maximum atomic E-state index is 12.0. The fourth-order valence-electron chi connectivity index (χ4n) is 1.52. The van der Waals surface area contributed by atoms with Crippen molar-refractivity contribution in [2.24, 2.45) is 10.8 Å². The summed E-state index contributed by atoms with van der Waals surface area (Å²) in [5, 5.41) is 7.04. The predicted octanol–water partition coefficient (Wildman–Crippen LogP) is 3.23. The smallest absolute Gasteiger partial charge is 0.188 e. The molecule has 0 saturated heterocycles. The van der Waals surface area contributed by atoms with Crippen LogP contribution >= 0.6 is 0 Å². The van der Waals surface area contributed by atoms with E-state index in [0.29, 0.717) is 5.69 Å². The Kier molecular flexibility index (Phi) is 3.27. The molecule has 0 aromatic carbocycles. The van der Waals surface area contributed by atoms with Gasteiger partial charge < -0.3 is 0 Å². The van der Waals surface area contributed by atoms with E-state index >= 15 is 0 Å². The summed E-state index contributed by atoms with van der Waals surface area (Å²) in [7, 11) is 0. The van der Waals surface area contributed by atoms with Gasteiger partial charge in [-0.1, -0.05) is 41.5 Å². The summed E-state index contributed by atoms with van der Waals surface area (Å²) in [6.07, 6.45) is 0.900. The number of hydrogen-bond acceptors (Lipinski definition) is 2. The van der Waals surface area contributed by atoms with E-state index in [-0.39, 0.29) is 16.6 Å². The second-order valence-electron chi connectivity index (χ2n) is 6.59. The van der Waals surface area contributed by atoms with Gasteiger partial charge in [-0.15, -0.1) is 0 Å². The van der Waals surface area contributed by atoms with Crippen LogP contribution in [-0.4, -0.2) is 16.0 Å². The molecule has 0 spiro atoms. The lowest BCUT2D eigenvalue weighted by Gasteiger charge is -2.16. The molecule has 0 amide bonds. The van der Waals surface area contributed by atoms with Crippen molar-refractivity contribution in [3.05, 3.63) is 17.5 Å². The van der Waals surface area contributed by atoms with E-state index in [4.69, 9.17) is 0 Å². The van der Waals surface area contributed by atoms with Crippen LogP contribution in [0.15, 0.2) is 6.07 Å². The van der Waals surface area contributed by atoms with Gasteiger partial charge in [-0.2, -0.15) is 5.10 Å². The maximum Gasteiger partial charge on any atom is 0.188 e. The second-order valence-corrected chi connectivity index (χ2v) is 6.59. The summed E-state index contributed by atoms with van der Waals surface area (Å²) in [6.45, 7) is 12.2. The summed E-state index contributed by atoms with van der Waals surface area (Å²) in [5.41, 5.74) is 1.41. The Hall–Kier alpha value is -1.12. The van der Waals surface area contributed by atoms with Gasteiger partial charge in [0.1, 0.15) is 5.69 Å². The molecule has 0 aliphatic carbocycles. The number of carbonyl (C=O) groups excluding carboxylic acids is 1. The number of aromatic amines is 1. The molecule has 3 heteroatoms. The van der Waals surface area contributed by atoms with Gasteiger partial charge >= 0.3 is 0 Å². The number of ketones is 1. The van der Waals surface area contributed by atoms with Gasteiger partial charge in [0.25, 0.3) is 0 Å². The molecular weight excluding hydrogens is 200 g/mol. The summed E-state index contributed by atoms with van der Waals surface area (Å²) in [6, 6.07) is 1.87. The highest BCUT2D eigenvalue weighted by Crippen LogP contribution is 2.23. The third-order valence-corrected chi connectivity index (χ3v) is 2.27. The minimum atomic E-state index is -0.367. The van der Waals surface area contributed by atoms with Crippen LogP contribution in [0, 0.1) is 10.8 Å². The minimum Gasteiger partial charge on any atom is -0.292 e. The van der Waals surface area contributed by atoms with Crippen molar-refractivity contribution in [2.45, 2.75) is 48.0 Å². The molecular formula is C13H22N2O. The zero-order valence-electron chi connectivity index (χ0n) is 11.1. The molecule has 3 nitrogen and oxygen atoms in total. The molecule has 1 N–H and O–H groups in total. The Labute approximate surface area is 97.6 Å². The number of nitrogens with zero attached hydrogens (tertiary/aromatic N) is 1. The molecule has 1 aromatic heterocycles. The lowest BCUT2D eigenvalue weighted by atomic mass is 9.88. The predicted molar refractivity (Wildman–Crippen MR) is 65.5 cm³/mol. The van der Waals surface area contributed by atoms with Crippen molar-refractivity contribution in [1.29, 1.82) is 0 Å². The number of carbonyl (C=O) groups is 1. The molecule has 0 saturated carbocycles. The summed E-state index contributed by atoms with van der Waals surface area (Å²) >= 11 is 0. The lowest BCUT2D eigenvalue weighted by molar-refractivity contribution is 0.0853. The van der Waals surface area contributed by atoms with Crippen molar-refractivity contribution in [1.82, 2.24) is 10.2 Å². The third kappa shape index (κ3) is 3.47. The quantitative estimate of drug-likeness (QED) is 0.781. The van der Waals surface area contributed by atoms with E-state index in [1.54, 1.807) is 0 Å². The topological polar surface area (TPSA) is 45.8 Å². The Balaban J connectivity index is 2.84. The first kappa shape index (κ1) is 12.9. The van der Waals surface area contributed by atoms with Crippen LogP contribution in [0.3, 0.4) is 0 Å². The normalized spacial score (nSPS) is 12.9. The van der Waals surface area contributed by atoms with Crippen molar-refractivity contribution in [2.75, 3.05) is 0 Å². The largest absolute Gasteiger partial charge is 0.292 e. The highest BCUT2D eigenvalue weighted by molar-refractivity contribution is 5.98. The van der Waals surface area contributed by atoms with Crippen LogP contribution in [0.4, 0.5) is 0 Å². The van der Waals surface area contributed by atoms with Gasteiger partial charge in [0, 0.05) is 11.1 Å². The van der Waals surface area contributed by atoms with E-state index in [0.717, 1.165) is 12.1 Å². The summed E-state index contributed by atoms with van der Waals surface area (Å²) < 4.78 is 0. The number of nitrogens with one attached hydrogen (secondary N) is 1. The van der Waals surface area contributed by atoms with E-state index in [1.165, 1.54) is 0 Å². The van der Waals surface area contributed by atoms with Crippen LogP contribution in [-0.2, 0) is 6.42 Å². The second kappa shape index (κ2) is 4.04. The zero-order chi connectivity index (χ0) is 12.6. The van der Waals surface area contributed by atoms with Gasteiger partial charge in [0.05, 0.1) is 0 Å². The van der Waals surface area contributed by atoms with Gasteiger partial charge in [-0.3, -0.25) is 9.89 Å². The molecule has 0 fully saturated rings. The van der Waals surface area contributed by atoms with Crippen LogP contribution in [0.25, 0.3) is 0 Å². The monoisotopic (exact) mass is 222 g/mol. The fraction of sp³-hybridized carbons (Fsp3) is 0.692. The SMILES string of the molecule is CC(C)(C)Cc1cc(C(=O)C(C)(C)C)n[nH]1. The first-order valence-electron chi connectivity index (χ1n) is 5.69. The van der Waals surface area contributed by atoms with Crippen molar-refractivity contribution < 1.29 is 4.79 Å². The standard InChI is InChI=1S/C13H22N2O/c1-12(2,3)8-9-7-10(15-14-9)11(16)13(4,5)6/h7H,8H2,1-6H3,(H,14,15). The average Bonchev–Trinajstić information content (AvgIpc) is 2.46. The molecule has 90 valence electrons. The first-order chi connectivity index (χ1) is 7.09. The van der Waals surface area contributed by atoms with Gasteiger partial charge in [-0.05, 0) is 17.9 Å². The number of aromatic nitrogens is 2. The van der Waals surface area contributed by atoms with Gasteiger partial charge in [-0.25, -0.2) is 0 Å². The first-order valence-corrected chi connectivity index (χ1v) is 5.69. The van der Waals surface area contributed by atoms with Crippen molar-refractivity contribution in [3.8, 4) is 0 Å². The minimum absolute atomic E-state index is 0.0870. The highest BCUT2D eigenvalue weighted by Gasteiger charge is 2.25. The summed E-state index contributed by atoms with van der Waals surface area (Å²) in [5.74, 6) is 0.0870. The Bertz CT molecular complexity index is 377. The van der Waals surface area contributed by atoms with E-state index < -0.39 is 0 Å². The summed E-state index contributed by atoms with van der Waals surface area (Å²) in [4.78, 5) is 12.0. The maximum absolute atomic E-state index is 12.0. The molecule has 0 aliphatic heterocycles. The molecule has 16 heavy (non-hydrogen) atoms. The molecule has 0 unspecified atom stereocenters. The molecule has 1 rings (SSSR count). The molecule has 1 heterocycles. The van der Waals surface area contributed by atoms with Crippen LogP contribution < -0.4 is 0 Å². The molecule has 0 atom stereocenters. The van der Waals surface area contributed by atoms with Crippen molar-refractivity contribution >= 4 is 5.78 Å². The number of H-pyrrole nitrogens is 1. The van der Waals surface area contributed by atoms with Gasteiger partial charge in [0.2, 0.25) is 0 Å². The number of Topliss-reactive ketones (excluding diaryl/α,β-unsaturated/α-hetero) is 1. The number of rotatable bonds is 2. The van der Waals surface area contributed by atoms with Crippen molar-refractivity contribution in [3.63, 3.8) is 0 Å². The molecule has 0 aliphatic rings. The van der Waals surface area contributed by atoms with Gasteiger partial charge in [0.15, 0.2) is 5.78 Å². The lowest BCUT2D eigenvalue weighted by Crippen LogP contribution is -2.20. The molecule has 0 radical (unpaired) electrons. The molecule has 1 aromatic rings. The fourth-order valence-corrected chi connectivity index (χ4v) is 1.52. The van der Waals surface area contributed by atoms with E-state index in [1.807, 2.05) is 26.8 Å². The third-order valence-electron chi connectivity index (χ3n) is 2.27. The average molecular weight is 222 g/mol. The van der Waals surface area contributed by atoms with E-state index in [2.05, 4.69) is 31.0 Å². The molecule has 0 bridgehead atoms.